The zero-order valence-corrected chi connectivity index (χ0v) is 22.2. The van der Waals surface area contributed by atoms with Crippen molar-refractivity contribution in [2.75, 3.05) is 20.8 Å². The maximum Gasteiger partial charge on any atom is 0.244 e. The van der Waals surface area contributed by atoms with Crippen LogP contribution >= 0.6 is 0 Å². The minimum Gasteiger partial charge on any atom is -0.493 e. The Morgan fingerprint density at radius 1 is 1.00 bits per heavy atom. The fourth-order valence-electron chi connectivity index (χ4n) is 4.39. The molecular formula is C31H33NO5. The molecule has 6 heteroatoms. The SMILES string of the molecule is CCOc1c(/C(C)=C/C(=O)NCc2ccc(C)cc2)cc2c(-c3ccc(OC)c(OC)c3)coc2c1C. The molecule has 1 amide bonds. The largest absolute Gasteiger partial charge is 0.493 e. The zero-order chi connectivity index (χ0) is 26.5. The van der Waals surface area contributed by atoms with E-state index in [2.05, 4.69) is 5.32 Å². The Morgan fingerprint density at radius 2 is 1.73 bits per heavy atom. The molecule has 0 aliphatic carbocycles. The van der Waals surface area contributed by atoms with Crippen molar-refractivity contribution in [3.8, 4) is 28.4 Å². The predicted octanol–water partition coefficient (Wildman–Crippen LogP) is 6.85. The van der Waals surface area contributed by atoms with Gasteiger partial charge in [0, 0.05) is 34.7 Å². The average molecular weight is 500 g/mol. The first-order chi connectivity index (χ1) is 17.9. The molecule has 0 saturated heterocycles. The molecule has 0 spiro atoms. The van der Waals surface area contributed by atoms with Gasteiger partial charge in [0.2, 0.25) is 5.91 Å². The van der Waals surface area contributed by atoms with Crippen molar-refractivity contribution in [1.29, 1.82) is 0 Å². The van der Waals surface area contributed by atoms with Crippen LogP contribution in [-0.2, 0) is 11.3 Å². The van der Waals surface area contributed by atoms with Gasteiger partial charge in [-0.1, -0.05) is 35.9 Å². The molecule has 6 nitrogen and oxygen atoms in total. The van der Waals surface area contributed by atoms with E-state index >= 15 is 0 Å². The van der Waals surface area contributed by atoms with Crippen LogP contribution < -0.4 is 19.5 Å². The smallest absolute Gasteiger partial charge is 0.244 e. The first-order valence-corrected chi connectivity index (χ1v) is 12.3. The molecular weight excluding hydrogens is 466 g/mol. The molecule has 0 bridgehead atoms. The number of methoxy groups -OCH3 is 2. The van der Waals surface area contributed by atoms with Crippen molar-refractivity contribution in [2.45, 2.75) is 34.2 Å². The summed E-state index contributed by atoms with van der Waals surface area (Å²) in [6.07, 6.45) is 3.36. The Bertz CT molecular complexity index is 1450. The number of carbonyl (C=O) groups excluding carboxylic acids is 1. The number of furan rings is 1. The Kier molecular flexibility index (Phi) is 7.87. The van der Waals surface area contributed by atoms with E-state index in [1.807, 2.05) is 76.2 Å². The highest BCUT2D eigenvalue weighted by atomic mass is 16.5. The van der Waals surface area contributed by atoms with Gasteiger partial charge in [0.15, 0.2) is 11.5 Å². The number of rotatable bonds is 9. The molecule has 192 valence electrons. The second kappa shape index (κ2) is 11.2. The molecule has 4 rings (SSSR count). The van der Waals surface area contributed by atoms with Gasteiger partial charge in [-0.15, -0.1) is 0 Å². The third-order valence-electron chi connectivity index (χ3n) is 6.39. The van der Waals surface area contributed by atoms with E-state index in [0.29, 0.717) is 30.4 Å². The van der Waals surface area contributed by atoms with Crippen LogP contribution in [0.2, 0.25) is 0 Å². The van der Waals surface area contributed by atoms with Gasteiger partial charge < -0.3 is 23.9 Å². The standard InChI is InChI=1S/C31H33NO5/c1-7-36-30-21(4)31-25(26(18-37-31)23-12-13-27(34-5)28(15-23)35-6)16-24(30)20(3)14-29(33)32-17-22-10-8-19(2)9-11-22/h8-16,18H,7,17H2,1-6H3,(H,32,33)/b20-14+. The average Bonchev–Trinajstić information content (AvgIpc) is 3.33. The summed E-state index contributed by atoms with van der Waals surface area (Å²) in [6, 6.07) is 15.9. The zero-order valence-electron chi connectivity index (χ0n) is 22.2. The van der Waals surface area contributed by atoms with E-state index in [9.17, 15) is 4.79 Å². The van der Waals surface area contributed by atoms with Crippen molar-refractivity contribution in [3.63, 3.8) is 0 Å². The first kappa shape index (κ1) is 25.9. The summed E-state index contributed by atoms with van der Waals surface area (Å²) < 4.78 is 22.9. The van der Waals surface area contributed by atoms with Crippen molar-refractivity contribution in [2.24, 2.45) is 0 Å². The number of carbonyl (C=O) groups is 1. The Labute approximate surface area is 217 Å². The van der Waals surface area contributed by atoms with Crippen LogP contribution in [0.5, 0.6) is 17.2 Å². The van der Waals surface area contributed by atoms with Gasteiger partial charge in [-0.25, -0.2) is 0 Å². The van der Waals surface area contributed by atoms with Crippen LogP contribution in [-0.4, -0.2) is 26.7 Å². The predicted molar refractivity (Wildman–Crippen MR) is 147 cm³/mol. The number of amides is 1. The number of hydrogen-bond donors (Lipinski definition) is 1. The van der Waals surface area contributed by atoms with Gasteiger partial charge in [0.05, 0.1) is 27.1 Å². The number of hydrogen-bond acceptors (Lipinski definition) is 5. The number of benzene rings is 3. The number of ether oxygens (including phenoxy) is 3. The maximum absolute atomic E-state index is 12.8. The van der Waals surface area contributed by atoms with Gasteiger partial charge in [-0.05, 0) is 62.6 Å². The topological polar surface area (TPSA) is 69.9 Å². The molecule has 4 aromatic rings. The fraction of sp³-hybridized carbons (Fsp3) is 0.258. The second-order valence-corrected chi connectivity index (χ2v) is 8.94. The molecule has 0 aliphatic rings. The molecule has 1 heterocycles. The van der Waals surface area contributed by atoms with Crippen LogP contribution in [0.1, 0.15) is 36.1 Å². The second-order valence-electron chi connectivity index (χ2n) is 8.94. The van der Waals surface area contributed by atoms with E-state index in [1.54, 1.807) is 26.6 Å². The van der Waals surface area contributed by atoms with Crippen molar-refractivity contribution in [1.82, 2.24) is 5.32 Å². The van der Waals surface area contributed by atoms with Gasteiger partial charge in [0.1, 0.15) is 11.3 Å². The van der Waals surface area contributed by atoms with Crippen LogP contribution in [0.25, 0.3) is 27.7 Å². The molecule has 0 aliphatic heterocycles. The van der Waals surface area contributed by atoms with E-state index in [-0.39, 0.29) is 5.91 Å². The highest BCUT2D eigenvalue weighted by molar-refractivity contribution is 6.01. The number of nitrogens with one attached hydrogen (secondary N) is 1. The maximum atomic E-state index is 12.8. The summed E-state index contributed by atoms with van der Waals surface area (Å²) in [6.45, 7) is 8.84. The minimum absolute atomic E-state index is 0.161. The summed E-state index contributed by atoms with van der Waals surface area (Å²) in [7, 11) is 3.23. The third-order valence-corrected chi connectivity index (χ3v) is 6.39. The molecule has 1 aromatic heterocycles. The van der Waals surface area contributed by atoms with Crippen LogP contribution in [0.4, 0.5) is 0 Å². The minimum atomic E-state index is -0.161. The highest BCUT2D eigenvalue weighted by Gasteiger charge is 2.20. The molecule has 0 saturated carbocycles. The number of fused-ring (bicyclic) bond motifs is 1. The summed E-state index contributed by atoms with van der Waals surface area (Å²) in [5.74, 6) is 1.84. The Hall–Kier alpha value is -4.19. The van der Waals surface area contributed by atoms with Crippen molar-refractivity contribution < 1.29 is 23.4 Å². The monoisotopic (exact) mass is 499 g/mol. The van der Waals surface area contributed by atoms with Gasteiger partial charge in [-0.2, -0.15) is 0 Å². The van der Waals surface area contributed by atoms with Crippen LogP contribution in [0.3, 0.4) is 0 Å². The van der Waals surface area contributed by atoms with Crippen LogP contribution in [0, 0.1) is 13.8 Å². The first-order valence-electron chi connectivity index (χ1n) is 12.3. The lowest BCUT2D eigenvalue weighted by Crippen LogP contribution is -2.20. The molecule has 0 radical (unpaired) electrons. The lowest BCUT2D eigenvalue weighted by Gasteiger charge is -2.15. The van der Waals surface area contributed by atoms with Crippen LogP contribution in [0.15, 0.2) is 65.3 Å². The summed E-state index contributed by atoms with van der Waals surface area (Å²) in [5, 5.41) is 3.90. The van der Waals surface area contributed by atoms with E-state index < -0.39 is 0 Å². The molecule has 0 unspecified atom stereocenters. The van der Waals surface area contributed by atoms with Gasteiger partial charge in [0.25, 0.3) is 0 Å². The third kappa shape index (κ3) is 5.48. The quantitative estimate of drug-likeness (QED) is 0.255. The summed E-state index contributed by atoms with van der Waals surface area (Å²) >= 11 is 0. The summed E-state index contributed by atoms with van der Waals surface area (Å²) in [4.78, 5) is 12.8. The van der Waals surface area contributed by atoms with Crippen molar-refractivity contribution in [3.05, 3.63) is 83.1 Å². The van der Waals surface area contributed by atoms with Gasteiger partial charge in [-0.3, -0.25) is 4.79 Å². The molecule has 0 atom stereocenters. The Balaban J connectivity index is 1.72. The lowest BCUT2D eigenvalue weighted by molar-refractivity contribution is -0.116. The van der Waals surface area contributed by atoms with Gasteiger partial charge >= 0.3 is 0 Å². The van der Waals surface area contributed by atoms with E-state index in [0.717, 1.165) is 44.4 Å². The molecule has 3 aromatic carbocycles. The molecule has 0 fully saturated rings. The number of aryl methyl sites for hydroxylation is 2. The van der Waals surface area contributed by atoms with E-state index in [1.165, 1.54) is 5.56 Å². The van der Waals surface area contributed by atoms with E-state index in [4.69, 9.17) is 18.6 Å². The molecule has 37 heavy (non-hydrogen) atoms. The Morgan fingerprint density at radius 3 is 2.41 bits per heavy atom. The molecule has 1 N–H and O–H groups in total. The van der Waals surface area contributed by atoms with Crippen molar-refractivity contribution >= 4 is 22.4 Å². The lowest BCUT2D eigenvalue weighted by atomic mass is 9.96. The highest BCUT2D eigenvalue weighted by Crippen LogP contribution is 2.42. The fourth-order valence-corrected chi connectivity index (χ4v) is 4.39. The summed E-state index contributed by atoms with van der Waals surface area (Å²) in [5.41, 5.74) is 7.36. The number of allylic oxidation sites excluding steroid dienone is 1. The normalized spacial score (nSPS) is 11.5.